The van der Waals surface area contributed by atoms with E-state index in [9.17, 15) is 19.2 Å². The molecule has 10 heteroatoms. The highest BCUT2D eigenvalue weighted by Crippen LogP contribution is 2.40. The number of carboxylic acid groups (broad SMARTS) is 1. The minimum Gasteiger partial charge on any atom is -0.465 e. The summed E-state index contributed by atoms with van der Waals surface area (Å²) in [5.74, 6) is 0.287. The highest BCUT2D eigenvalue weighted by Gasteiger charge is 2.40. The molecule has 2 N–H and O–H groups in total. The zero-order valence-electron chi connectivity index (χ0n) is 19.7. The summed E-state index contributed by atoms with van der Waals surface area (Å²) in [6.07, 6.45) is 4.91. The molecule has 1 aromatic carbocycles. The average Bonchev–Trinajstić information content (AvgIpc) is 3.17. The van der Waals surface area contributed by atoms with Gasteiger partial charge in [-0.3, -0.25) is 19.7 Å². The standard InChI is InChI=1S/C25H31ClN4O5/c26-22-18-14-30(20-3-4-21(31)27-23(20)32)24(33)17(18)1-2-19(22)28-9-5-15(6-10-28)13-16-7-11-29(12-8-16)25(34)35/h1-2,15-16,20H,3-14H2,(H,34,35)(H,27,31,32). The molecule has 1 aromatic rings. The van der Waals surface area contributed by atoms with Crippen molar-refractivity contribution in [2.45, 2.75) is 57.5 Å². The predicted octanol–water partition coefficient (Wildman–Crippen LogP) is 3.10. The molecule has 3 saturated heterocycles. The number of piperidine rings is 3. The van der Waals surface area contributed by atoms with Crippen LogP contribution >= 0.6 is 11.6 Å². The smallest absolute Gasteiger partial charge is 0.407 e. The summed E-state index contributed by atoms with van der Waals surface area (Å²) in [6.45, 7) is 3.33. The van der Waals surface area contributed by atoms with Crippen LogP contribution in [0.25, 0.3) is 0 Å². The minimum absolute atomic E-state index is 0.212. The van der Waals surface area contributed by atoms with Gasteiger partial charge in [-0.2, -0.15) is 0 Å². The maximum absolute atomic E-state index is 13.0. The van der Waals surface area contributed by atoms with Crippen molar-refractivity contribution < 1.29 is 24.3 Å². The number of rotatable bonds is 4. The number of carbonyl (C=O) groups excluding carboxylic acids is 3. The van der Waals surface area contributed by atoms with Crippen LogP contribution in [-0.2, 0) is 16.1 Å². The SMILES string of the molecule is O=C1CCC(N2Cc3c(ccc(N4CCC(CC5CCN(C(=O)O)CC5)CC4)c3Cl)C2=O)C(=O)N1. The Morgan fingerprint density at radius 2 is 1.66 bits per heavy atom. The lowest BCUT2D eigenvalue weighted by Gasteiger charge is -2.37. The van der Waals surface area contributed by atoms with E-state index in [0.29, 0.717) is 41.9 Å². The molecule has 0 radical (unpaired) electrons. The topological polar surface area (TPSA) is 110 Å². The normalized spacial score (nSPS) is 24.1. The Kier molecular flexibility index (Phi) is 6.61. The van der Waals surface area contributed by atoms with Crippen LogP contribution in [0.4, 0.5) is 10.5 Å². The summed E-state index contributed by atoms with van der Waals surface area (Å²) in [4.78, 5) is 53.3. The fourth-order valence-electron chi connectivity index (χ4n) is 6.08. The number of carbonyl (C=O) groups is 4. The molecule has 4 aliphatic rings. The largest absolute Gasteiger partial charge is 0.465 e. The Hall–Kier alpha value is -2.81. The molecule has 0 saturated carbocycles. The van der Waals surface area contributed by atoms with Crippen LogP contribution in [-0.4, -0.2) is 70.9 Å². The lowest BCUT2D eigenvalue weighted by molar-refractivity contribution is -0.136. The van der Waals surface area contributed by atoms with Crippen LogP contribution in [0, 0.1) is 11.8 Å². The second-order valence-electron chi connectivity index (χ2n) is 10.2. The second kappa shape index (κ2) is 9.68. The first-order valence-corrected chi connectivity index (χ1v) is 12.9. The van der Waals surface area contributed by atoms with Gasteiger partial charge in [0.1, 0.15) is 6.04 Å². The van der Waals surface area contributed by atoms with Crippen molar-refractivity contribution in [1.82, 2.24) is 15.1 Å². The number of nitrogens with zero attached hydrogens (tertiary/aromatic N) is 3. The molecule has 4 heterocycles. The highest BCUT2D eigenvalue weighted by atomic mass is 35.5. The van der Waals surface area contributed by atoms with Crippen LogP contribution in [0.3, 0.4) is 0 Å². The summed E-state index contributed by atoms with van der Waals surface area (Å²) >= 11 is 6.82. The number of halogens is 1. The number of nitrogens with one attached hydrogen (secondary N) is 1. The molecule has 3 fully saturated rings. The molecule has 188 valence electrons. The number of amides is 4. The van der Waals surface area contributed by atoms with E-state index >= 15 is 0 Å². The molecule has 0 bridgehead atoms. The summed E-state index contributed by atoms with van der Waals surface area (Å²) in [5, 5.41) is 12.0. The van der Waals surface area contributed by atoms with E-state index < -0.39 is 18.0 Å². The lowest BCUT2D eigenvalue weighted by atomic mass is 9.83. The average molecular weight is 503 g/mol. The van der Waals surface area contributed by atoms with Crippen molar-refractivity contribution in [3.63, 3.8) is 0 Å². The van der Waals surface area contributed by atoms with Crippen LogP contribution in [0.5, 0.6) is 0 Å². The van der Waals surface area contributed by atoms with Crippen molar-refractivity contribution in [2.75, 3.05) is 31.1 Å². The third-order valence-electron chi connectivity index (χ3n) is 8.14. The molecule has 0 spiro atoms. The number of fused-ring (bicyclic) bond motifs is 1. The molecule has 35 heavy (non-hydrogen) atoms. The van der Waals surface area contributed by atoms with Gasteiger partial charge in [-0.25, -0.2) is 4.79 Å². The van der Waals surface area contributed by atoms with Gasteiger partial charge >= 0.3 is 6.09 Å². The maximum atomic E-state index is 13.0. The number of hydrogen-bond donors (Lipinski definition) is 2. The molecular weight excluding hydrogens is 472 g/mol. The molecule has 1 atom stereocenters. The van der Waals surface area contributed by atoms with Crippen molar-refractivity contribution in [2.24, 2.45) is 11.8 Å². The van der Waals surface area contributed by atoms with Crippen LogP contribution in [0.2, 0.25) is 5.02 Å². The molecule has 5 rings (SSSR count). The van der Waals surface area contributed by atoms with Gasteiger partial charge in [-0.15, -0.1) is 0 Å². The van der Waals surface area contributed by atoms with Crippen molar-refractivity contribution in [3.8, 4) is 0 Å². The Balaban J connectivity index is 1.19. The molecule has 4 aliphatic heterocycles. The van der Waals surface area contributed by atoms with Gasteiger partial charge in [0.15, 0.2) is 0 Å². The van der Waals surface area contributed by atoms with Gasteiger partial charge in [-0.1, -0.05) is 11.6 Å². The third-order valence-corrected chi connectivity index (χ3v) is 8.56. The number of imide groups is 1. The number of likely N-dealkylation sites (tertiary alicyclic amines) is 1. The number of hydrogen-bond acceptors (Lipinski definition) is 5. The lowest BCUT2D eigenvalue weighted by Crippen LogP contribution is -2.52. The van der Waals surface area contributed by atoms with E-state index in [4.69, 9.17) is 16.7 Å². The fourth-order valence-corrected chi connectivity index (χ4v) is 6.42. The van der Waals surface area contributed by atoms with Crippen LogP contribution in [0.1, 0.15) is 60.9 Å². The van der Waals surface area contributed by atoms with E-state index in [2.05, 4.69) is 10.2 Å². The Labute approximate surface area is 209 Å². The number of benzene rings is 1. The zero-order valence-corrected chi connectivity index (χ0v) is 20.4. The van der Waals surface area contributed by atoms with Crippen molar-refractivity contribution >= 4 is 41.1 Å². The molecule has 0 aliphatic carbocycles. The van der Waals surface area contributed by atoms with Crippen LogP contribution < -0.4 is 10.2 Å². The monoisotopic (exact) mass is 502 g/mol. The van der Waals surface area contributed by atoms with Gasteiger partial charge in [0, 0.05) is 50.3 Å². The Bertz CT molecular complexity index is 1050. The van der Waals surface area contributed by atoms with Gasteiger partial charge in [0.05, 0.1) is 10.7 Å². The zero-order chi connectivity index (χ0) is 24.7. The molecular formula is C25H31ClN4O5. The van der Waals surface area contributed by atoms with Crippen molar-refractivity contribution in [1.29, 1.82) is 0 Å². The molecule has 9 nitrogen and oxygen atoms in total. The first kappa shape index (κ1) is 23.9. The maximum Gasteiger partial charge on any atom is 0.407 e. The minimum atomic E-state index is -0.815. The van der Waals surface area contributed by atoms with Gasteiger partial charge in [-0.05, 0) is 62.5 Å². The van der Waals surface area contributed by atoms with E-state index in [1.54, 1.807) is 0 Å². The van der Waals surface area contributed by atoms with Gasteiger partial charge in [0.25, 0.3) is 5.91 Å². The highest BCUT2D eigenvalue weighted by molar-refractivity contribution is 6.35. The second-order valence-corrected chi connectivity index (χ2v) is 10.6. The van der Waals surface area contributed by atoms with Crippen LogP contribution in [0.15, 0.2) is 12.1 Å². The summed E-state index contributed by atoms with van der Waals surface area (Å²) < 4.78 is 0. The fraction of sp³-hybridized carbons (Fsp3) is 0.600. The Morgan fingerprint density at radius 3 is 2.29 bits per heavy atom. The number of anilines is 1. The summed E-state index contributed by atoms with van der Waals surface area (Å²) in [5.41, 5.74) is 2.22. The molecule has 0 aromatic heterocycles. The molecule has 4 amide bonds. The van der Waals surface area contributed by atoms with Gasteiger partial charge in [0.2, 0.25) is 11.8 Å². The van der Waals surface area contributed by atoms with E-state index in [-0.39, 0.29) is 24.8 Å². The quantitative estimate of drug-likeness (QED) is 0.612. The first-order chi connectivity index (χ1) is 16.8. The van der Waals surface area contributed by atoms with Gasteiger partial charge < -0.3 is 19.8 Å². The first-order valence-electron chi connectivity index (χ1n) is 12.5. The molecule has 1 unspecified atom stereocenters. The van der Waals surface area contributed by atoms with E-state index in [1.165, 1.54) is 9.80 Å². The predicted molar refractivity (Wildman–Crippen MR) is 129 cm³/mol. The van der Waals surface area contributed by atoms with E-state index in [0.717, 1.165) is 56.4 Å². The van der Waals surface area contributed by atoms with Crippen molar-refractivity contribution in [3.05, 3.63) is 28.3 Å². The summed E-state index contributed by atoms with van der Waals surface area (Å²) in [6, 6.07) is 3.08. The third kappa shape index (κ3) is 4.70. The summed E-state index contributed by atoms with van der Waals surface area (Å²) in [7, 11) is 0. The van der Waals surface area contributed by atoms with E-state index in [1.807, 2.05) is 12.1 Å². The Morgan fingerprint density at radius 1 is 1.00 bits per heavy atom.